The molecule has 0 N–H and O–H groups in total. The number of hydrogen-bond acceptors (Lipinski definition) is 5. The molecule has 0 bridgehead atoms. The third-order valence-electron chi connectivity index (χ3n) is 3.34. The Morgan fingerprint density at radius 1 is 1.12 bits per heavy atom. The largest absolute Gasteiger partial charge is 0.488 e. The molecular formula is C16H22F3NO4S. The summed E-state index contributed by atoms with van der Waals surface area (Å²) < 4.78 is 72.1. The molecule has 0 aliphatic carbocycles. The van der Waals surface area contributed by atoms with Gasteiger partial charge in [0.25, 0.3) is 0 Å². The van der Waals surface area contributed by atoms with E-state index in [0.717, 1.165) is 12.1 Å². The average molecular weight is 381 g/mol. The molecule has 0 saturated carbocycles. The van der Waals surface area contributed by atoms with E-state index in [9.17, 15) is 21.6 Å². The summed E-state index contributed by atoms with van der Waals surface area (Å²) >= 11 is 0. The minimum atomic E-state index is -4.87. The molecule has 0 aromatic heterocycles. The molecule has 0 atom stereocenters. The monoisotopic (exact) mass is 381 g/mol. The first-order valence-corrected chi connectivity index (χ1v) is 9.34. The van der Waals surface area contributed by atoms with E-state index in [0.29, 0.717) is 12.2 Å². The fourth-order valence-electron chi connectivity index (χ4n) is 1.72. The lowest BCUT2D eigenvalue weighted by atomic mass is 10.1. The van der Waals surface area contributed by atoms with Crippen molar-refractivity contribution in [3.63, 3.8) is 0 Å². The number of rotatable bonds is 8. The second-order valence-electron chi connectivity index (χ2n) is 6.01. The van der Waals surface area contributed by atoms with Crippen molar-refractivity contribution >= 4 is 15.8 Å². The number of oxime groups is 1. The predicted molar refractivity (Wildman–Crippen MR) is 89.2 cm³/mol. The highest BCUT2D eigenvalue weighted by atomic mass is 32.2. The fourth-order valence-corrected chi connectivity index (χ4v) is 2.48. The number of halogens is 3. The first-order chi connectivity index (χ1) is 11.4. The minimum Gasteiger partial charge on any atom is -0.488 e. The number of alkyl halides is 3. The summed E-state index contributed by atoms with van der Waals surface area (Å²) in [6.45, 7) is 7.20. The summed E-state index contributed by atoms with van der Waals surface area (Å²) in [5.41, 5.74) is -2.20. The number of hydrogen-bond donors (Lipinski definition) is 0. The Morgan fingerprint density at radius 2 is 1.68 bits per heavy atom. The zero-order chi connectivity index (χ0) is 19.3. The van der Waals surface area contributed by atoms with E-state index < -0.39 is 33.4 Å². The smallest absolute Gasteiger partial charge is 0.437 e. The second kappa shape index (κ2) is 8.07. The number of benzene rings is 1. The van der Waals surface area contributed by atoms with E-state index in [1.54, 1.807) is 6.92 Å². The van der Waals surface area contributed by atoms with Crippen LogP contribution in [0.2, 0.25) is 0 Å². The van der Waals surface area contributed by atoms with Crippen molar-refractivity contribution in [1.29, 1.82) is 0 Å². The standard InChI is InChI=1S/C16H22F3NO4S/c1-5-11-25(21,22)24-20-14(16(17,18)19)12-7-9-13(10-8-12)23-15(3,4)6-2/h7-10H,5-6,11H2,1-4H3/b20-14-. The van der Waals surface area contributed by atoms with E-state index in [-0.39, 0.29) is 12.0 Å². The summed E-state index contributed by atoms with van der Waals surface area (Å²) in [5, 5.41) is 2.84. The van der Waals surface area contributed by atoms with Gasteiger partial charge in [-0.15, -0.1) is 0 Å². The maximum Gasteiger partial charge on any atom is 0.437 e. The molecule has 5 nitrogen and oxygen atoms in total. The van der Waals surface area contributed by atoms with Crippen molar-refractivity contribution < 1.29 is 30.6 Å². The highest BCUT2D eigenvalue weighted by Gasteiger charge is 2.38. The first-order valence-electron chi connectivity index (χ1n) is 7.76. The van der Waals surface area contributed by atoms with Crippen molar-refractivity contribution in [2.24, 2.45) is 5.16 Å². The number of nitrogens with zero attached hydrogens (tertiary/aromatic N) is 1. The van der Waals surface area contributed by atoms with Gasteiger partial charge in [0.2, 0.25) is 0 Å². The van der Waals surface area contributed by atoms with Crippen LogP contribution in [0.15, 0.2) is 29.4 Å². The Labute approximate surface area is 145 Å². The van der Waals surface area contributed by atoms with Crippen LogP contribution in [0.5, 0.6) is 5.75 Å². The summed E-state index contributed by atoms with van der Waals surface area (Å²) in [6, 6.07) is 5.05. The van der Waals surface area contributed by atoms with Crippen LogP contribution in [0.4, 0.5) is 13.2 Å². The molecule has 1 rings (SSSR count). The van der Waals surface area contributed by atoms with E-state index in [1.165, 1.54) is 12.1 Å². The van der Waals surface area contributed by atoms with Gasteiger partial charge in [0.05, 0.1) is 5.75 Å². The van der Waals surface area contributed by atoms with Gasteiger partial charge in [-0.25, -0.2) is 0 Å². The summed E-state index contributed by atoms with van der Waals surface area (Å²) in [5.74, 6) is -0.0165. The average Bonchev–Trinajstić information content (AvgIpc) is 2.47. The Balaban J connectivity index is 3.09. The molecule has 9 heteroatoms. The zero-order valence-corrected chi connectivity index (χ0v) is 15.4. The molecule has 0 unspecified atom stereocenters. The van der Waals surface area contributed by atoms with Gasteiger partial charge in [-0.05, 0) is 51.0 Å². The molecule has 0 radical (unpaired) electrons. The molecule has 1 aromatic rings. The van der Waals surface area contributed by atoms with Crippen LogP contribution >= 0.6 is 0 Å². The Kier molecular flexibility index (Phi) is 6.87. The lowest BCUT2D eigenvalue weighted by Crippen LogP contribution is -2.27. The second-order valence-corrected chi connectivity index (χ2v) is 7.69. The third kappa shape index (κ3) is 6.93. The van der Waals surface area contributed by atoms with Crippen LogP contribution in [-0.4, -0.2) is 31.7 Å². The quantitative estimate of drug-likeness (QED) is 0.498. The SMILES string of the molecule is CCCS(=O)(=O)O/N=C(/c1ccc(OC(C)(C)CC)cc1)C(F)(F)F. The van der Waals surface area contributed by atoms with E-state index >= 15 is 0 Å². The molecule has 0 aliphatic heterocycles. The topological polar surface area (TPSA) is 65.0 Å². The molecule has 0 aliphatic rings. The van der Waals surface area contributed by atoms with Gasteiger partial charge in [-0.2, -0.15) is 21.6 Å². The van der Waals surface area contributed by atoms with Crippen molar-refractivity contribution in [3.8, 4) is 5.75 Å². The summed E-state index contributed by atoms with van der Waals surface area (Å²) in [7, 11) is -4.14. The van der Waals surface area contributed by atoms with Crippen LogP contribution in [0.1, 0.15) is 46.1 Å². The molecule has 25 heavy (non-hydrogen) atoms. The molecule has 0 saturated heterocycles. The van der Waals surface area contributed by atoms with Gasteiger partial charge in [-0.3, -0.25) is 4.28 Å². The highest BCUT2D eigenvalue weighted by molar-refractivity contribution is 7.86. The van der Waals surface area contributed by atoms with Crippen molar-refractivity contribution in [2.75, 3.05) is 5.75 Å². The summed E-state index contributed by atoms with van der Waals surface area (Å²) in [6.07, 6.45) is -3.95. The highest BCUT2D eigenvalue weighted by Crippen LogP contribution is 2.26. The minimum absolute atomic E-state index is 0.207. The molecule has 142 valence electrons. The molecule has 1 aromatic carbocycles. The lowest BCUT2D eigenvalue weighted by Gasteiger charge is -2.25. The van der Waals surface area contributed by atoms with Crippen molar-refractivity contribution in [2.45, 2.75) is 52.3 Å². The van der Waals surface area contributed by atoms with Crippen molar-refractivity contribution in [3.05, 3.63) is 29.8 Å². The normalized spacial score (nSPS) is 13.6. The van der Waals surface area contributed by atoms with Crippen LogP contribution in [0.25, 0.3) is 0 Å². The van der Waals surface area contributed by atoms with Crippen LogP contribution in [0.3, 0.4) is 0 Å². The lowest BCUT2D eigenvalue weighted by molar-refractivity contribution is -0.0597. The molecule has 0 heterocycles. The van der Waals surface area contributed by atoms with E-state index in [4.69, 9.17) is 4.74 Å². The number of ether oxygens (including phenoxy) is 1. The van der Waals surface area contributed by atoms with Crippen molar-refractivity contribution in [1.82, 2.24) is 0 Å². The van der Waals surface area contributed by atoms with Gasteiger partial charge in [-0.1, -0.05) is 19.0 Å². The summed E-state index contributed by atoms with van der Waals surface area (Å²) in [4.78, 5) is 0. The maximum atomic E-state index is 13.2. The Morgan fingerprint density at radius 3 is 2.12 bits per heavy atom. The molecular weight excluding hydrogens is 359 g/mol. The zero-order valence-electron chi connectivity index (χ0n) is 14.6. The van der Waals surface area contributed by atoms with E-state index in [2.05, 4.69) is 9.44 Å². The van der Waals surface area contributed by atoms with Gasteiger partial charge >= 0.3 is 16.3 Å². The first kappa shape index (κ1) is 21.3. The maximum absolute atomic E-state index is 13.2. The van der Waals surface area contributed by atoms with Gasteiger partial charge in [0.15, 0.2) is 5.71 Å². The van der Waals surface area contributed by atoms with Gasteiger partial charge < -0.3 is 4.74 Å². The Hall–Kier alpha value is -1.77. The predicted octanol–water partition coefficient (Wildman–Crippen LogP) is 4.28. The molecule has 0 spiro atoms. The van der Waals surface area contributed by atoms with Crippen LogP contribution in [-0.2, 0) is 14.4 Å². The van der Waals surface area contributed by atoms with Crippen LogP contribution < -0.4 is 4.74 Å². The fraction of sp³-hybridized carbons (Fsp3) is 0.562. The molecule has 0 fully saturated rings. The van der Waals surface area contributed by atoms with E-state index in [1.807, 2.05) is 20.8 Å². The third-order valence-corrected chi connectivity index (χ3v) is 4.55. The Bertz CT molecular complexity index is 695. The van der Waals surface area contributed by atoms with Gasteiger partial charge in [0, 0.05) is 5.56 Å². The van der Waals surface area contributed by atoms with Crippen LogP contribution in [0, 0.1) is 0 Å². The molecule has 0 amide bonds. The van der Waals surface area contributed by atoms with Gasteiger partial charge in [0.1, 0.15) is 11.4 Å².